The number of fused-ring (bicyclic) bond motifs is 1. The summed E-state index contributed by atoms with van der Waals surface area (Å²) in [4.78, 5) is 0. The summed E-state index contributed by atoms with van der Waals surface area (Å²) in [6.07, 6.45) is 7.40. The molecule has 2 heteroatoms. The van der Waals surface area contributed by atoms with Gasteiger partial charge in [-0.15, -0.1) is 0 Å². The SMILES string of the molecule is CCCOCCCNC1CCCCc2ccccc21. The molecule has 0 aromatic heterocycles. The quantitative estimate of drug-likeness (QED) is 0.594. The Morgan fingerprint density at radius 2 is 2.11 bits per heavy atom. The molecule has 1 atom stereocenters. The van der Waals surface area contributed by atoms with Crippen molar-refractivity contribution < 1.29 is 4.74 Å². The van der Waals surface area contributed by atoms with Gasteiger partial charge >= 0.3 is 0 Å². The van der Waals surface area contributed by atoms with E-state index < -0.39 is 0 Å². The molecule has 0 radical (unpaired) electrons. The van der Waals surface area contributed by atoms with Gasteiger partial charge in [0.2, 0.25) is 0 Å². The Morgan fingerprint density at radius 1 is 1.21 bits per heavy atom. The van der Waals surface area contributed by atoms with Crippen molar-refractivity contribution >= 4 is 0 Å². The summed E-state index contributed by atoms with van der Waals surface area (Å²) in [5.74, 6) is 0. The molecular weight excluding hydrogens is 234 g/mol. The molecule has 0 spiro atoms. The van der Waals surface area contributed by atoms with Gasteiger partial charge in [-0.3, -0.25) is 0 Å². The zero-order chi connectivity index (χ0) is 13.3. The first-order chi connectivity index (χ1) is 9.42. The van der Waals surface area contributed by atoms with Gasteiger partial charge in [0.25, 0.3) is 0 Å². The number of benzene rings is 1. The fourth-order valence-corrected chi connectivity index (χ4v) is 2.83. The molecule has 0 bridgehead atoms. The predicted molar refractivity (Wildman–Crippen MR) is 80.5 cm³/mol. The lowest BCUT2D eigenvalue weighted by molar-refractivity contribution is 0.131. The van der Waals surface area contributed by atoms with E-state index in [1.165, 1.54) is 31.2 Å². The van der Waals surface area contributed by atoms with E-state index in [-0.39, 0.29) is 0 Å². The molecule has 1 unspecified atom stereocenters. The number of hydrogen-bond acceptors (Lipinski definition) is 2. The summed E-state index contributed by atoms with van der Waals surface area (Å²) >= 11 is 0. The summed E-state index contributed by atoms with van der Waals surface area (Å²) in [6, 6.07) is 9.47. The Bertz CT molecular complexity index is 364. The molecule has 106 valence electrons. The van der Waals surface area contributed by atoms with Gasteiger partial charge in [-0.25, -0.2) is 0 Å². The molecule has 0 aliphatic heterocycles. The Labute approximate surface area is 117 Å². The third-order valence-corrected chi connectivity index (χ3v) is 3.82. The van der Waals surface area contributed by atoms with Crippen LogP contribution in [0, 0.1) is 0 Å². The second-order valence-corrected chi connectivity index (χ2v) is 5.42. The van der Waals surface area contributed by atoms with Crippen LogP contribution < -0.4 is 5.32 Å². The zero-order valence-electron chi connectivity index (χ0n) is 12.2. The molecule has 1 aliphatic rings. The van der Waals surface area contributed by atoms with Crippen LogP contribution in [0.5, 0.6) is 0 Å². The van der Waals surface area contributed by atoms with Crippen LogP contribution in [-0.4, -0.2) is 19.8 Å². The highest BCUT2D eigenvalue weighted by molar-refractivity contribution is 5.31. The van der Waals surface area contributed by atoms with Crippen LogP contribution in [0.3, 0.4) is 0 Å². The molecule has 0 heterocycles. The third kappa shape index (κ3) is 4.63. The van der Waals surface area contributed by atoms with Crippen LogP contribution in [0.2, 0.25) is 0 Å². The first kappa shape index (κ1) is 14.5. The van der Waals surface area contributed by atoms with E-state index in [1.54, 1.807) is 5.56 Å². The third-order valence-electron chi connectivity index (χ3n) is 3.82. The van der Waals surface area contributed by atoms with Gasteiger partial charge in [0.05, 0.1) is 0 Å². The molecule has 1 N–H and O–H groups in total. The largest absolute Gasteiger partial charge is 0.381 e. The second-order valence-electron chi connectivity index (χ2n) is 5.42. The van der Waals surface area contributed by atoms with Gasteiger partial charge in [0.1, 0.15) is 0 Å². The van der Waals surface area contributed by atoms with Gasteiger partial charge in [0.15, 0.2) is 0 Å². The van der Waals surface area contributed by atoms with E-state index in [2.05, 4.69) is 36.5 Å². The smallest absolute Gasteiger partial charge is 0.0478 e. The maximum absolute atomic E-state index is 5.53. The summed E-state index contributed by atoms with van der Waals surface area (Å²) in [5, 5.41) is 3.71. The fraction of sp³-hybridized carbons (Fsp3) is 0.647. The van der Waals surface area contributed by atoms with E-state index >= 15 is 0 Å². The molecule has 0 fully saturated rings. The van der Waals surface area contributed by atoms with E-state index in [0.717, 1.165) is 32.6 Å². The van der Waals surface area contributed by atoms with Gasteiger partial charge in [0, 0.05) is 19.3 Å². The van der Waals surface area contributed by atoms with E-state index in [0.29, 0.717) is 6.04 Å². The lowest BCUT2D eigenvalue weighted by atomic mass is 9.99. The molecule has 0 amide bonds. The van der Waals surface area contributed by atoms with Gasteiger partial charge in [-0.2, -0.15) is 0 Å². The Hall–Kier alpha value is -0.860. The van der Waals surface area contributed by atoms with Gasteiger partial charge in [-0.1, -0.05) is 37.6 Å². The molecule has 0 saturated carbocycles. The minimum atomic E-state index is 0.546. The van der Waals surface area contributed by atoms with Crippen molar-refractivity contribution in [3.05, 3.63) is 35.4 Å². The zero-order valence-corrected chi connectivity index (χ0v) is 12.2. The van der Waals surface area contributed by atoms with E-state index in [4.69, 9.17) is 4.74 Å². The Balaban J connectivity index is 1.79. The van der Waals surface area contributed by atoms with E-state index in [1.807, 2.05) is 0 Å². The molecule has 2 rings (SSSR count). The van der Waals surface area contributed by atoms with Crippen LogP contribution in [0.4, 0.5) is 0 Å². The maximum Gasteiger partial charge on any atom is 0.0478 e. The molecular formula is C17H27NO. The monoisotopic (exact) mass is 261 g/mol. The van der Waals surface area contributed by atoms with Crippen LogP contribution >= 0.6 is 0 Å². The normalized spacial score (nSPS) is 18.9. The lowest BCUT2D eigenvalue weighted by Gasteiger charge is -2.19. The minimum absolute atomic E-state index is 0.546. The van der Waals surface area contributed by atoms with Crippen molar-refractivity contribution in [1.29, 1.82) is 0 Å². The van der Waals surface area contributed by atoms with Crippen LogP contribution in [0.15, 0.2) is 24.3 Å². The van der Waals surface area contributed by atoms with Gasteiger partial charge < -0.3 is 10.1 Å². The number of ether oxygens (including phenoxy) is 1. The summed E-state index contributed by atoms with van der Waals surface area (Å²) in [5.41, 5.74) is 3.06. The molecule has 0 saturated heterocycles. The second kappa shape index (κ2) is 8.34. The highest BCUT2D eigenvalue weighted by atomic mass is 16.5. The number of hydrogen-bond donors (Lipinski definition) is 1. The maximum atomic E-state index is 5.53. The number of aryl methyl sites for hydroxylation is 1. The average Bonchev–Trinajstić information content (AvgIpc) is 2.65. The standard InChI is InChI=1S/C17H27NO/c1-2-13-19-14-7-12-18-17-11-6-4-9-15-8-3-5-10-16(15)17/h3,5,8,10,17-18H,2,4,6-7,9,11-14H2,1H3. The van der Waals surface area contributed by atoms with Crippen LogP contribution in [0.1, 0.15) is 56.2 Å². The fourth-order valence-electron chi connectivity index (χ4n) is 2.83. The van der Waals surface area contributed by atoms with Crippen molar-refractivity contribution in [2.45, 2.75) is 51.5 Å². The van der Waals surface area contributed by atoms with Crippen molar-refractivity contribution in [1.82, 2.24) is 5.32 Å². The van der Waals surface area contributed by atoms with Crippen molar-refractivity contribution in [2.24, 2.45) is 0 Å². The predicted octanol–water partition coefficient (Wildman–Crippen LogP) is 3.86. The molecule has 2 nitrogen and oxygen atoms in total. The highest BCUT2D eigenvalue weighted by Gasteiger charge is 2.17. The Kier molecular flexibility index (Phi) is 6.38. The summed E-state index contributed by atoms with van der Waals surface area (Å²) in [6.45, 7) is 4.99. The molecule has 1 aliphatic carbocycles. The lowest BCUT2D eigenvalue weighted by Crippen LogP contribution is -2.23. The van der Waals surface area contributed by atoms with Crippen molar-refractivity contribution in [2.75, 3.05) is 19.8 Å². The van der Waals surface area contributed by atoms with Crippen LogP contribution in [0.25, 0.3) is 0 Å². The van der Waals surface area contributed by atoms with Crippen LogP contribution in [-0.2, 0) is 11.2 Å². The highest BCUT2D eigenvalue weighted by Crippen LogP contribution is 2.28. The first-order valence-corrected chi connectivity index (χ1v) is 7.80. The average molecular weight is 261 g/mol. The van der Waals surface area contributed by atoms with Crippen molar-refractivity contribution in [3.8, 4) is 0 Å². The van der Waals surface area contributed by atoms with Gasteiger partial charge in [-0.05, 0) is 49.8 Å². The van der Waals surface area contributed by atoms with Crippen molar-refractivity contribution in [3.63, 3.8) is 0 Å². The molecule has 1 aromatic rings. The Morgan fingerprint density at radius 3 is 3.00 bits per heavy atom. The topological polar surface area (TPSA) is 21.3 Å². The van der Waals surface area contributed by atoms with E-state index in [9.17, 15) is 0 Å². The summed E-state index contributed by atoms with van der Waals surface area (Å²) < 4.78 is 5.53. The summed E-state index contributed by atoms with van der Waals surface area (Å²) in [7, 11) is 0. The molecule has 19 heavy (non-hydrogen) atoms. The number of rotatable bonds is 7. The molecule has 1 aromatic carbocycles. The number of nitrogens with one attached hydrogen (secondary N) is 1. The first-order valence-electron chi connectivity index (χ1n) is 7.80. The minimum Gasteiger partial charge on any atom is -0.381 e.